The minimum Gasteiger partial charge on any atom is -0.393 e. The highest BCUT2D eigenvalue weighted by atomic mass is 16.8. The molecule has 256 valence electrons. The molecule has 8 fully saturated rings. The molecule has 5 saturated carbocycles. The summed E-state index contributed by atoms with van der Waals surface area (Å²) in [6.45, 7) is 14.5. The van der Waals surface area contributed by atoms with Crippen molar-refractivity contribution >= 4 is 0 Å². The Morgan fingerprint density at radius 2 is 1.53 bits per heavy atom. The van der Waals surface area contributed by atoms with Gasteiger partial charge in [-0.15, -0.1) is 0 Å². The van der Waals surface area contributed by atoms with E-state index in [0.717, 1.165) is 38.5 Å². The Bertz CT molecular complexity index is 1240. The van der Waals surface area contributed by atoms with Crippen molar-refractivity contribution in [2.24, 2.45) is 50.7 Å². The van der Waals surface area contributed by atoms with E-state index in [2.05, 4.69) is 34.6 Å². The quantitative estimate of drug-likeness (QED) is 0.254. The maximum absolute atomic E-state index is 12.7. The Hall–Kier alpha value is -0.400. The molecule has 3 spiro atoms. The number of aliphatic hydroxyl groups excluding tert-OH is 5. The molecular weight excluding hydrogens is 580 g/mol. The number of rotatable bonds is 3. The Morgan fingerprint density at radius 1 is 0.844 bits per heavy atom. The maximum Gasteiger partial charge on any atom is 0.199 e. The normalized spacial score (nSPS) is 62.7. The first kappa shape index (κ1) is 31.8. The van der Waals surface area contributed by atoms with Crippen LogP contribution in [0.25, 0.3) is 0 Å². The topological polar surface area (TPSA) is 158 Å². The Morgan fingerprint density at radius 3 is 2.22 bits per heavy atom. The lowest BCUT2D eigenvalue weighted by Gasteiger charge is -2.65. The van der Waals surface area contributed by atoms with Gasteiger partial charge in [-0.3, -0.25) is 0 Å². The van der Waals surface area contributed by atoms with Crippen molar-refractivity contribution in [3.8, 4) is 0 Å². The molecule has 45 heavy (non-hydrogen) atoms. The van der Waals surface area contributed by atoms with Crippen LogP contribution >= 0.6 is 0 Å². The largest absolute Gasteiger partial charge is 0.393 e. The van der Waals surface area contributed by atoms with Crippen molar-refractivity contribution in [1.29, 1.82) is 0 Å². The predicted octanol–water partition coefficient (Wildman–Crippen LogP) is 2.09. The second-order valence-electron chi connectivity index (χ2n) is 18.4. The molecule has 2 bridgehead atoms. The lowest BCUT2D eigenvalue weighted by Crippen LogP contribution is -2.64. The molecule has 10 nitrogen and oxygen atoms in total. The molecule has 0 aromatic carbocycles. The van der Waals surface area contributed by atoms with E-state index >= 15 is 0 Å². The maximum atomic E-state index is 12.7. The molecule has 18 atom stereocenters. The van der Waals surface area contributed by atoms with Gasteiger partial charge < -0.3 is 49.6 Å². The summed E-state index contributed by atoms with van der Waals surface area (Å²) in [4.78, 5) is 0. The van der Waals surface area contributed by atoms with Gasteiger partial charge in [-0.1, -0.05) is 34.6 Å². The first-order valence-corrected chi connectivity index (χ1v) is 17.6. The van der Waals surface area contributed by atoms with Gasteiger partial charge in [-0.2, -0.15) is 0 Å². The van der Waals surface area contributed by atoms with Crippen molar-refractivity contribution in [3.05, 3.63) is 0 Å². The highest BCUT2D eigenvalue weighted by Gasteiger charge is 2.89. The molecule has 0 radical (unpaired) electrons. The van der Waals surface area contributed by atoms with Crippen LogP contribution in [-0.4, -0.2) is 104 Å². The van der Waals surface area contributed by atoms with E-state index in [4.69, 9.17) is 18.9 Å². The van der Waals surface area contributed by atoms with E-state index < -0.39 is 65.1 Å². The smallest absolute Gasteiger partial charge is 0.199 e. The van der Waals surface area contributed by atoms with Crippen LogP contribution in [0.15, 0.2) is 0 Å². The van der Waals surface area contributed by atoms with Gasteiger partial charge in [0.05, 0.1) is 30.5 Å². The van der Waals surface area contributed by atoms with Crippen molar-refractivity contribution in [2.75, 3.05) is 6.61 Å². The van der Waals surface area contributed by atoms with Crippen LogP contribution in [0.3, 0.4) is 0 Å². The van der Waals surface area contributed by atoms with Crippen LogP contribution in [0.2, 0.25) is 0 Å². The third-order valence-corrected chi connectivity index (χ3v) is 15.9. The van der Waals surface area contributed by atoms with Gasteiger partial charge in [0.15, 0.2) is 12.1 Å². The molecule has 0 aromatic rings. The number of hydrogen-bond donors (Lipinski definition) is 6. The second kappa shape index (κ2) is 9.23. The third-order valence-electron chi connectivity index (χ3n) is 15.9. The van der Waals surface area contributed by atoms with Crippen LogP contribution in [0.5, 0.6) is 0 Å². The molecule has 8 rings (SSSR count). The summed E-state index contributed by atoms with van der Waals surface area (Å²) in [5, 5.41) is 67.0. The van der Waals surface area contributed by atoms with Crippen LogP contribution in [0.1, 0.15) is 93.4 Å². The van der Waals surface area contributed by atoms with Crippen molar-refractivity contribution in [1.82, 2.24) is 0 Å². The molecule has 8 aliphatic rings. The Balaban J connectivity index is 1.12. The first-order chi connectivity index (χ1) is 20.8. The Labute approximate surface area is 266 Å². The highest BCUT2D eigenvalue weighted by molar-refractivity contribution is 5.36. The van der Waals surface area contributed by atoms with Gasteiger partial charge in [0.1, 0.15) is 30.5 Å². The number of fused-ring (bicyclic) bond motifs is 4. The molecule has 5 aliphatic carbocycles. The van der Waals surface area contributed by atoms with Crippen LogP contribution in [0, 0.1) is 50.7 Å². The monoisotopic (exact) mass is 636 g/mol. The average Bonchev–Trinajstić information content (AvgIpc) is 3.44. The van der Waals surface area contributed by atoms with E-state index in [1.54, 1.807) is 13.8 Å². The zero-order valence-corrected chi connectivity index (χ0v) is 28.0. The number of aliphatic hydroxyl groups is 6. The predicted molar refractivity (Wildman–Crippen MR) is 160 cm³/mol. The highest BCUT2D eigenvalue weighted by Crippen LogP contribution is 2.90. The van der Waals surface area contributed by atoms with Crippen LogP contribution in [-0.2, 0) is 18.9 Å². The van der Waals surface area contributed by atoms with Gasteiger partial charge in [0.2, 0.25) is 0 Å². The van der Waals surface area contributed by atoms with E-state index in [1.807, 2.05) is 0 Å². The summed E-state index contributed by atoms with van der Waals surface area (Å²) in [7, 11) is 0. The molecule has 3 saturated heterocycles. The number of ether oxygens (including phenoxy) is 4. The Kier molecular flexibility index (Phi) is 6.53. The molecule has 3 heterocycles. The summed E-state index contributed by atoms with van der Waals surface area (Å²) in [6.07, 6.45) is -1.40. The van der Waals surface area contributed by atoms with E-state index in [0.29, 0.717) is 12.3 Å². The van der Waals surface area contributed by atoms with Crippen LogP contribution in [0.4, 0.5) is 0 Å². The lowest BCUT2D eigenvalue weighted by molar-refractivity contribution is -0.304. The SMILES string of the molecule is C[C@@H]1C[C@H]2O[C@]3(O[C@@H]2C(C)(C)O)[C@@H]1[C@]1(C)[C@@H](O)C[C@@]24C[C@@]25CC[C@H](O[C@H]2OC[C@H](O)[C@@H](O)[C@@H]2O)C(C)(C)[C@@H]5CC[C@@H]4[C@@]1(C)[C@H]3O. The van der Waals surface area contributed by atoms with Gasteiger partial charge in [-0.05, 0) is 92.8 Å². The molecular formula is C35H56O10. The van der Waals surface area contributed by atoms with Gasteiger partial charge in [0.25, 0.3) is 0 Å². The summed E-state index contributed by atoms with van der Waals surface area (Å²) in [5.41, 5.74) is -2.78. The summed E-state index contributed by atoms with van der Waals surface area (Å²) in [5.74, 6) is -0.820. The minimum atomic E-state index is -1.32. The minimum absolute atomic E-state index is 0.0126. The van der Waals surface area contributed by atoms with Crippen molar-refractivity contribution < 1.29 is 49.6 Å². The zero-order chi connectivity index (χ0) is 32.5. The molecule has 6 N–H and O–H groups in total. The fourth-order valence-corrected chi connectivity index (χ4v) is 14.0. The summed E-state index contributed by atoms with van der Waals surface area (Å²) >= 11 is 0. The van der Waals surface area contributed by atoms with Gasteiger partial charge in [0, 0.05) is 16.7 Å². The zero-order valence-electron chi connectivity index (χ0n) is 28.0. The van der Waals surface area contributed by atoms with Gasteiger partial charge in [-0.25, -0.2) is 0 Å². The van der Waals surface area contributed by atoms with E-state index in [9.17, 15) is 30.6 Å². The van der Waals surface area contributed by atoms with E-state index in [-0.39, 0.29) is 52.8 Å². The molecule has 10 heteroatoms. The number of hydrogen-bond acceptors (Lipinski definition) is 10. The lowest BCUT2D eigenvalue weighted by atomic mass is 9.40. The first-order valence-electron chi connectivity index (χ1n) is 17.6. The molecule has 0 amide bonds. The average molecular weight is 637 g/mol. The summed E-state index contributed by atoms with van der Waals surface area (Å²) in [6, 6.07) is 0. The summed E-state index contributed by atoms with van der Waals surface area (Å²) < 4.78 is 25.6. The fourth-order valence-electron chi connectivity index (χ4n) is 14.0. The molecule has 0 aromatic heterocycles. The van der Waals surface area contributed by atoms with Crippen molar-refractivity contribution in [3.63, 3.8) is 0 Å². The second-order valence-corrected chi connectivity index (χ2v) is 18.4. The third kappa shape index (κ3) is 3.51. The fraction of sp³-hybridized carbons (Fsp3) is 1.00. The van der Waals surface area contributed by atoms with Gasteiger partial charge >= 0.3 is 0 Å². The molecule has 3 aliphatic heterocycles. The van der Waals surface area contributed by atoms with Crippen LogP contribution < -0.4 is 0 Å². The van der Waals surface area contributed by atoms with E-state index in [1.165, 1.54) is 0 Å². The standard InChI is InChI=1S/C35H56O10/c1-16-12-18-26(30(4,5)41)45-35(44-18)25(16)32(7)21(37)13-34-15-33(34)11-10-22(43-27-24(39)23(38)17(36)14-42-27)29(2,3)19(33)8-9-20(34)31(32,6)28(35)40/h16-28,36-41H,8-15H2,1-7H3/t16-,17+,18-,19+,20-,21+,22+,23-,24+,25+,26+,27-,28-,31+,32+,33-,34+,35+/m1/s1. The van der Waals surface area contributed by atoms with Crippen molar-refractivity contribution in [2.45, 2.75) is 160 Å². The molecule has 0 unspecified atom stereocenters.